The van der Waals surface area contributed by atoms with Gasteiger partial charge >= 0.3 is 12.4 Å². The van der Waals surface area contributed by atoms with Crippen LogP contribution in [0.1, 0.15) is 58.9 Å². The van der Waals surface area contributed by atoms with Crippen molar-refractivity contribution >= 4 is 11.5 Å². The summed E-state index contributed by atoms with van der Waals surface area (Å²) in [6.07, 6.45) is -8.42. The van der Waals surface area contributed by atoms with Crippen LogP contribution in [0.3, 0.4) is 0 Å². The maximum atomic E-state index is 13.8. The number of amides is 1. The molecule has 4 nitrogen and oxygen atoms in total. The number of carbonyl (C=O) groups is 1. The minimum atomic E-state index is -5.00. The van der Waals surface area contributed by atoms with Gasteiger partial charge in [0.25, 0.3) is 0 Å². The lowest BCUT2D eigenvalue weighted by Gasteiger charge is -2.33. The van der Waals surface area contributed by atoms with E-state index >= 15 is 0 Å². The van der Waals surface area contributed by atoms with E-state index in [1.54, 1.807) is 29.3 Å². The van der Waals surface area contributed by atoms with Gasteiger partial charge in [-0.1, -0.05) is 12.1 Å². The Balaban J connectivity index is 1.50. The van der Waals surface area contributed by atoms with Gasteiger partial charge in [-0.25, -0.2) is 4.39 Å². The van der Waals surface area contributed by atoms with Gasteiger partial charge in [0.2, 0.25) is 5.91 Å². The number of alkyl halides is 6. The van der Waals surface area contributed by atoms with Gasteiger partial charge in [-0.05, 0) is 85.0 Å². The fraction of sp³-hybridized carbons (Fsp3) is 0.333. The summed E-state index contributed by atoms with van der Waals surface area (Å²) in [7, 11) is 0. The number of hydrogen-bond donors (Lipinski definition) is 0. The average molecular weight is 579 g/mol. The van der Waals surface area contributed by atoms with Crippen LogP contribution in [0.15, 0.2) is 66.9 Å². The van der Waals surface area contributed by atoms with Crippen molar-refractivity contribution in [3.8, 4) is 0 Å². The molecule has 216 valence electrons. The standard InChI is InChI=1S/C30H25F7N2O2/c1-16-9-19(7-8-38-16)21-12-25-28(18-3-5-24(31)6-4-18)26(15-39(25)27(40)13-21)41-17(2)20-10-22(29(32,33)34)14-23(11-20)30(35,36)37/h3-11,13-14,17,25-26,28H,12,15H2,1-2H3/t17-,25+,26+,28+/m1/s1. The number of pyridine rings is 1. The first-order valence-electron chi connectivity index (χ1n) is 12.8. The first-order chi connectivity index (χ1) is 19.2. The third kappa shape index (κ3) is 6.00. The smallest absolute Gasteiger partial charge is 0.368 e. The molecule has 0 N–H and O–H groups in total. The zero-order valence-corrected chi connectivity index (χ0v) is 21.9. The maximum absolute atomic E-state index is 13.8. The zero-order valence-electron chi connectivity index (χ0n) is 21.9. The molecule has 41 heavy (non-hydrogen) atoms. The summed E-state index contributed by atoms with van der Waals surface area (Å²) < 4.78 is 101. The molecule has 3 heterocycles. The normalized spacial score (nSPS) is 22.0. The molecule has 1 amide bonds. The zero-order chi connectivity index (χ0) is 29.7. The van der Waals surface area contributed by atoms with Gasteiger partial charge in [-0.15, -0.1) is 0 Å². The predicted octanol–water partition coefficient (Wildman–Crippen LogP) is 7.49. The number of aromatic nitrogens is 1. The average Bonchev–Trinajstić information content (AvgIpc) is 3.26. The van der Waals surface area contributed by atoms with E-state index in [1.807, 2.05) is 13.0 Å². The van der Waals surface area contributed by atoms with Crippen LogP contribution in [0.2, 0.25) is 0 Å². The van der Waals surface area contributed by atoms with Crippen LogP contribution >= 0.6 is 0 Å². The molecule has 1 aromatic heterocycles. The number of hydrogen-bond acceptors (Lipinski definition) is 3. The van der Waals surface area contributed by atoms with Crippen LogP contribution in [0.25, 0.3) is 5.57 Å². The first-order valence-corrected chi connectivity index (χ1v) is 12.8. The maximum Gasteiger partial charge on any atom is 0.416 e. The van der Waals surface area contributed by atoms with Crippen LogP contribution in [-0.2, 0) is 21.9 Å². The van der Waals surface area contributed by atoms with Crippen molar-refractivity contribution in [2.24, 2.45) is 0 Å². The second kappa shape index (κ2) is 10.6. The number of aryl methyl sites for hydroxylation is 1. The van der Waals surface area contributed by atoms with Crippen molar-refractivity contribution in [1.29, 1.82) is 0 Å². The molecular formula is C30H25F7N2O2. The van der Waals surface area contributed by atoms with E-state index in [4.69, 9.17) is 4.74 Å². The third-order valence-electron chi connectivity index (χ3n) is 7.58. The highest BCUT2D eigenvalue weighted by Crippen LogP contribution is 2.45. The summed E-state index contributed by atoms with van der Waals surface area (Å²) in [5.74, 6) is -1.30. The fourth-order valence-electron chi connectivity index (χ4n) is 5.64. The number of fused-ring (bicyclic) bond motifs is 1. The van der Waals surface area contributed by atoms with Crippen molar-refractivity contribution in [3.05, 3.63) is 106 Å². The number of halogens is 7. The minimum absolute atomic E-state index is 0.0557. The molecule has 0 aliphatic carbocycles. The van der Waals surface area contributed by atoms with Crippen LogP contribution in [0, 0.1) is 12.7 Å². The Morgan fingerprint density at radius 3 is 2.17 bits per heavy atom. The van der Waals surface area contributed by atoms with Crippen LogP contribution in [0.4, 0.5) is 30.7 Å². The summed E-state index contributed by atoms with van der Waals surface area (Å²) in [6.45, 7) is 3.25. The van der Waals surface area contributed by atoms with Gasteiger partial charge in [0.15, 0.2) is 0 Å². The van der Waals surface area contributed by atoms with Crippen LogP contribution in [0.5, 0.6) is 0 Å². The number of ether oxygens (including phenoxy) is 1. The molecule has 0 radical (unpaired) electrons. The molecule has 2 aliphatic heterocycles. The molecule has 0 bridgehead atoms. The highest BCUT2D eigenvalue weighted by molar-refractivity contribution is 5.98. The molecule has 2 aliphatic rings. The Morgan fingerprint density at radius 1 is 0.951 bits per heavy atom. The quantitative estimate of drug-likeness (QED) is 0.295. The number of nitrogens with zero attached hydrogens (tertiary/aromatic N) is 2. The molecule has 5 rings (SSSR count). The minimum Gasteiger partial charge on any atom is -0.368 e. The molecule has 1 saturated heterocycles. The Bertz CT molecular complexity index is 1450. The van der Waals surface area contributed by atoms with E-state index in [-0.39, 0.29) is 24.1 Å². The molecular weight excluding hydrogens is 553 g/mol. The largest absolute Gasteiger partial charge is 0.416 e. The lowest BCUT2D eigenvalue weighted by molar-refractivity contribution is -0.143. The monoisotopic (exact) mass is 578 g/mol. The second-order valence-corrected chi connectivity index (χ2v) is 10.4. The van der Waals surface area contributed by atoms with Crippen molar-refractivity contribution in [2.75, 3.05) is 6.54 Å². The molecule has 3 aromatic rings. The van der Waals surface area contributed by atoms with Crippen molar-refractivity contribution in [2.45, 2.75) is 56.8 Å². The number of benzene rings is 2. The summed E-state index contributed by atoms with van der Waals surface area (Å²) in [4.78, 5) is 19.0. The second-order valence-electron chi connectivity index (χ2n) is 10.4. The van der Waals surface area contributed by atoms with Gasteiger partial charge < -0.3 is 9.64 Å². The predicted molar refractivity (Wildman–Crippen MR) is 136 cm³/mol. The molecule has 0 unspecified atom stereocenters. The molecule has 0 spiro atoms. The van der Waals surface area contributed by atoms with Crippen molar-refractivity contribution < 1.29 is 40.3 Å². The molecule has 2 aromatic carbocycles. The number of rotatable bonds is 5. The van der Waals surface area contributed by atoms with E-state index < -0.39 is 53.5 Å². The first kappa shape index (κ1) is 28.8. The van der Waals surface area contributed by atoms with Gasteiger partial charge in [-0.3, -0.25) is 9.78 Å². The van der Waals surface area contributed by atoms with E-state index in [2.05, 4.69) is 4.98 Å². The Labute approximate surface area is 231 Å². The lowest BCUT2D eigenvalue weighted by Crippen LogP contribution is -2.39. The topological polar surface area (TPSA) is 42.4 Å². The van der Waals surface area contributed by atoms with Crippen molar-refractivity contribution in [3.63, 3.8) is 0 Å². The highest BCUT2D eigenvalue weighted by Gasteiger charge is 2.48. The molecule has 11 heteroatoms. The highest BCUT2D eigenvalue weighted by atomic mass is 19.4. The van der Waals surface area contributed by atoms with Crippen LogP contribution in [-0.4, -0.2) is 34.5 Å². The summed E-state index contributed by atoms with van der Waals surface area (Å²) in [6, 6.07) is 10.2. The molecule has 1 fully saturated rings. The van der Waals surface area contributed by atoms with Gasteiger partial charge in [0.05, 0.1) is 23.3 Å². The van der Waals surface area contributed by atoms with Crippen LogP contribution < -0.4 is 0 Å². The van der Waals surface area contributed by atoms with E-state index in [1.165, 1.54) is 25.1 Å². The van der Waals surface area contributed by atoms with Gasteiger partial charge in [-0.2, -0.15) is 26.3 Å². The third-order valence-corrected chi connectivity index (χ3v) is 7.58. The fourth-order valence-corrected chi connectivity index (χ4v) is 5.64. The lowest BCUT2D eigenvalue weighted by atomic mass is 9.83. The summed E-state index contributed by atoms with van der Waals surface area (Å²) in [5.41, 5.74) is -0.209. The Kier molecular flexibility index (Phi) is 7.44. The summed E-state index contributed by atoms with van der Waals surface area (Å²) in [5, 5.41) is 0. The van der Waals surface area contributed by atoms with E-state index in [0.29, 0.717) is 24.1 Å². The molecule has 0 saturated carbocycles. The molecule has 4 atom stereocenters. The SMILES string of the molecule is Cc1cc(C2=CC(=O)N3C[C@H](O[C@H](C)c4cc(C(F)(F)F)cc(C(F)(F)F)c4)[C@@H](c4ccc(F)cc4)[C@@H]3C2)ccn1. The van der Waals surface area contributed by atoms with Gasteiger partial charge in [0, 0.05) is 36.5 Å². The Morgan fingerprint density at radius 2 is 1.59 bits per heavy atom. The Hall–Kier alpha value is -3.73. The van der Waals surface area contributed by atoms with E-state index in [0.717, 1.165) is 16.8 Å². The van der Waals surface area contributed by atoms with Crippen molar-refractivity contribution in [1.82, 2.24) is 9.88 Å². The van der Waals surface area contributed by atoms with Gasteiger partial charge in [0.1, 0.15) is 5.82 Å². The number of carbonyl (C=O) groups excluding carboxylic acids is 1. The summed E-state index contributed by atoms with van der Waals surface area (Å²) >= 11 is 0. The van der Waals surface area contributed by atoms with E-state index in [9.17, 15) is 35.5 Å².